The van der Waals surface area contributed by atoms with E-state index in [4.69, 9.17) is 0 Å². The highest BCUT2D eigenvalue weighted by Gasteiger charge is 2.32. The number of anilines is 2. The molecule has 124 valence electrons. The van der Waals surface area contributed by atoms with Crippen molar-refractivity contribution in [3.05, 3.63) is 23.8 Å². The third kappa shape index (κ3) is 3.52. The molecule has 0 saturated carbocycles. The Bertz CT molecular complexity index is 615. The van der Waals surface area contributed by atoms with Crippen LogP contribution in [0.5, 0.6) is 0 Å². The Balaban J connectivity index is 2.35. The van der Waals surface area contributed by atoms with Gasteiger partial charge < -0.3 is 10.2 Å². The van der Waals surface area contributed by atoms with Gasteiger partial charge in [-0.05, 0) is 36.5 Å². The SMILES string of the molecule is CCC(C)c1ccc(N(C=O)C2CCC(=O)NC2=O)c(NC)c1. The van der Waals surface area contributed by atoms with Crippen molar-refractivity contribution in [1.82, 2.24) is 5.32 Å². The number of hydrogen-bond donors (Lipinski definition) is 2. The monoisotopic (exact) mass is 317 g/mol. The van der Waals surface area contributed by atoms with Gasteiger partial charge in [0.05, 0.1) is 11.4 Å². The van der Waals surface area contributed by atoms with Crippen molar-refractivity contribution in [3.63, 3.8) is 0 Å². The normalized spacial score (nSPS) is 19.0. The molecule has 0 bridgehead atoms. The molecule has 2 atom stereocenters. The van der Waals surface area contributed by atoms with Crippen LogP contribution in [0.4, 0.5) is 11.4 Å². The predicted octanol–water partition coefficient (Wildman–Crippen LogP) is 2.01. The molecule has 2 unspecified atom stereocenters. The molecular weight excluding hydrogens is 294 g/mol. The van der Waals surface area contributed by atoms with E-state index in [2.05, 4.69) is 24.5 Å². The summed E-state index contributed by atoms with van der Waals surface area (Å²) in [5.41, 5.74) is 2.61. The minimum Gasteiger partial charge on any atom is -0.386 e. The predicted molar refractivity (Wildman–Crippen MR) is 89.4 cm³/mol. The summed E-state index contributed by atoms with van der Waals surface area (Å²) in [6.45, 7) is 4.27. The van der Waals surface area contributed by atoms with E-state index < -0.39 is 11.9 Å². The fraction of sp³-hybridized carbons (Fsp3) is 0.471. The summed E-state index contributed by atoms with van der Waals surface area (Å²) in [7, 11) is 1.78. The molecule has 0 radical (unpaired) electrons. The van der Waals surface area contributed by atoms with Crippen LogP contribution in [0, 0.1) is 0 Å². The van der Waals surface area contributed by atoms with Gasteiger partial charge in [-0.2, -0.15) is 0 Å². The number of benzene rings is 1. The number of carbonyl (C=O) groups excluding carboxylic acids is 3. The Morgan fingerprint density at radius 1 is 1.43 bits per heavy atom. The molecule has 2 rings (SSSR count). The first-order chi connectivity index (χ1) is 11.0. The van der Waals surface area contributed by atoms with E-state index in [0.717, 1.165) is 12.1 Å². The van der Waals surface area contributed by atoms with Crippen molar-refractivity contribution in [2.75, 3.05) is 17.3 Å². The lowest BCUT2D eigenvalue weighted by Gasteiger charge is -2.31. The highest BCUT2D eigenvalue weighted by Crippen LogP contribution is 2.32. The number of rotatable bonds is 6. The van der Waals surface area contributed by atoms with Gasteiger partial charge in [0.2, 0.25) is 18.2 Å². The van der Waals surface area contributed by atoms with E-state index in [1.807, 2.05) is 18.2 Å². The van der Waals surface area contributed by atoms with E-state index >= 15 is 0 Å². The molecule has 3 amide bonds. The minimum absolute atomic E-state index is 0.237. The fourth-order valence-electron chi connectivity index (χ4n) is 2.77. The molecule has 1 heterocycles. The lowest BCUT2D eigenvalue weighted by Crippen LogP contribution is -2.52. The van der Waals surface area contributed by atoms with E-state index in [9.17, 15) is 14.4 Å². The first kappa shape index (κ1) is 17.0. The van der Waals surface area contributed by atoms with Gasteiger partial charge in [0.25, 0.3) is 0 Å². The maximum atomic E-state index is 12.0. The quantitative estimate of drug-likeness (QED) is 0.621. The number of amides is 3. The van der Waals surface area contributed by atoms with Gasteiger partial charge in [0.15, 0.2) is 0 Å². The Labute approximate surface area is 136 Å². The second-order valence-corrected chi connectivity index (χ2v) is 5.82. The molecule has 1 fully saturated rings. The fourth-order valence-corrected chi connectivity index (χ4v) is 2.77. The van der Waals surface area contributed by atoms with Crippen molar-refractivity contribution in [1.29, 1.82) is 0 Å². The average molecular weight is 317 g/mol. The van der Waals surface area contributed by atoms with E-state index in [0.29, 0.717) is 24.4 Å². The number of carbonyl (C=O) groups is 3. The Kier molecular flexibility index (Phi) is 5.36. The number of imide groups is 1. The molecule has 0 aromatic heterocycles. The van der Waals surface area contributed by atoms with Crippen molar-refractivity contribution < 1.29 is 14.4 Å². The third-order valence-corrected chi connectivity index (χ3v) is 4.41. The summed E-state index contributed by atoms with van der Waals surface area (Å²) in [5, 5.41) is 5.38. The second-order valence-electron chi connectivity index (χ2n) is 5.82. The zero-order chi connectivity index (χ0) is 17.0. The van der Waals surface area contributed by atoms with E-state index in [1.54, 1.807) is 7.05 Å². The topological polar surface area (TPSA) is 78.5 Å². The number of hydrogen-bond acceptors (Lipinski definition) is 4. The van der Waals surface area contributed by atoms with Gasteiger partial charge in [-0.25, -0.2) is 0 Å². The Morgan fingerprint density at radius 2 is 2.17 bits per heavy atom. The molecule has 0 aliphatic carbocycles. The highest BCUT2D eigenvalue weighted by atomic mass is 16.2. The lowest BCUT2D eigenvalue weighted by atomic mass is 9.97. The minimum atomic E-state index is -0.660. The molecule has 6 nitrogen and oxygen atoms in total. The molecule has 1 saturated heterocycles. The van der Waals surface area contributed by atoms with Crippen LogP contribution in [-0.2, 0) is 14.4 Å². The van der Waals surface area contributed by atoms with Crippen LogP contribution in [-0.4, -0.2) is 31.3 Å². The molecule has 2 N–H and O–H groups in total. The van der Waals surface area contributed by atoms with Gasteiger partial charge in [0.1, 0.15) is 6.04 Å². The van der Waals surface area contributed by atoms with Crippen LogP contribution >= 0.6 is 0 Å². The number of piperidine rings is 1. The first-order valence-electron chi connectivity index (χ1n) is 7.90. The van der Waals surface area contributed by atoms with Crippen LogP contribution < -0.4 is 15.5 Å². The molecule has 1 aromatic rings. The van der Waals surface area contributed by atoms with Gasteiger partial charge in [-0.1, -0.05) is 19.9 Å². The zero-order valence-corrected chi connectivity index (χ0v) is 13.8. The van der Waals surface area contributed by atoms with Gasteiger partial charge >= 0.3 is 0 Å². The summed E-state index contributed by atoms with van der Waals surface area (Å²) in [6.07, 6.45) is 2.24. The average Bonchev–Trinajstić information content (AvgIpc) is 2.56. The molecule has 1 aliphatic rings. The van der Waals surface area contributed by atoms with Gasteiger partial charge in [-0.3, -0.25) is 19.7 Å². The molecule has 6 heteroatoms. The van der Waals surface area contributed by atoms with Crippen molar-refractivity contribution in [2.45, 2.75) is 45.1 Å². The van der Waals surface area contributed by atoms with Crippen molar-refractivity contribution >= 4 is 29.6 Å². The number of nitrogens with zero attached hydrogens (tertiary/aromatic N) is 1. The lowest BCUT2D eigenvalue weighted by molar-refractivity contribution is -0.134. The molecule has 1 aromatic carbocycles. The van der Waals surface area contributed by atoms with Crippen LogP contribution in [0.2, 0.25) is 0 Å². The smallest absolute Gasteiger partial charge is 0.249 e. The third-order valence-electron chi connectivity index (χ3n) is 4.41. The van der Waals surface area contributed by atoms with Crippen molar-refractivity contribution in [2.24, 2.45) is 0 Å². The first-order valence-corrected chi connectivity index (χ1v) is 7.90. The van der Waals surface area contributed by atoms with Crippen LogP contribution in [0.3, 0.4) is 0 Å². The second kappa shape index (κ2) is 7.26. The standard InChI is InChI=1S/C17H23N3O3/c1-4-11(2)12-5-6-14(13(9-12)18-3)20(10-21)15-7-8-16(22)19-17(15)23/h5-6,9-11,15,18H,4,7-8H2,1-3H3,(H,19,22,23). The molecular formula is C17H23N3O3. The van der Waals surface area contributed by atoms with Crippen LogP contribution in [0.1, 0.15) is 44.6 Å². The Hall–Kier alpha value is -2.37. The summed E-state index contributed by atoms with van der Waals surface area (Å²) in [5.74, 6) is -0.309. The summed E-state index contributed by atoms with van der Waals surface area (Å²) in [4.78, 5) is 36.3. The maximum absolute atomic E-state index is 12.0. The van der Waals surface area contributed by atoms with E-state index in [1.165, 1.54) is 10.5 Å². The molecule has 1 aliphatic heterocycles. The van der Waals surface area contributed by atoms with Gasteiger partial charge in [0, 0.05) is 13.5 Å². The Morgan fingerprint density at radius 3 is 2.74 bits per heavy atom. The molecule has 23 heavy (non-hydrogen) atoms. The summed E-state index contributed by atoms with van der Waals surface area (Å²) >= 11 is 0. The molecule has 0 spiro atoms. The van der Waals surface area contributed by atoms with E-state index in [-0.39, 0.29) is 12.3 Å². The highest BCUT2D eigenvalue weighted by molar-refractivity contribution is 6.04. The summed E-state index contributed by atoms with van der Waals surface area (Å²) < 4.78 is 0. The van der Waals surface area contributed by atoms with Crippen molar-refractivity contribution in [3.8, 4) is 0 Å². The zero-order valence-electron chi connectivity index (χ0n) is 13.8. The summed E-state index contributed by atoms with van der Waals surface area (Å²) in [6, 6.07) is 5.18. The van der Waals surface area contributed by atoms with Gasteiger partial charge in [-0.15, -0.1) is 0 Å². The largest absolute Gasteiger partial charge is 0.386 e. The number of nitrogens with one attached hydrogen (secondary N) is 2. The van der Waals surface area contributed by atoms with Crippen LogP contribution in [0.15, 0.2) is 18.2 Å². The van der Waals surface area contributed by atoms with Crippen LogP contribution in [0.25, 0.3) is 0 Å². The maximum Gasteiger partial charge on any atom is 0.249 e.